The molecule has 0 radical (unpaired) electrons. The quantitative estimate of drug-likeness (QED) is 0.458. The first kappa shape index (κ1) is 27.3. The summed E-state index contributed by atoms with van der Waals surface area (Å²) in [5, 5.41) is 3.27. The second-order valence-corrected chi connectivity index (χ2v) is 10.3. The normalized spacial score (nSPS) is 19.1. The summed E-state index contributed by atoms with van der Waals surface area (Å²) < 4.78 is 55.7. The largest absolute Gasteiger partial charge is 0.496 e. The first-order valence-electron chi connectivity index (χ1n) is 12.1. The number of alkyl halides is 3. The number of allylic oxidation sites excluding steroid dienone is 3. The third-order valence-electron chi connectivity index (χ3n) is 6.84. The minimum absolute atomic E-state index is 0.0508. The van der Waals surface area contributed by atoms with E-state index in [0.717, 1.165) is 17.8 Å². The second-order valence-electron chi connectivity index (χ2n) is 10.3. The maximum atomic E-state index is 13.4. The summed E-state index contributed by atoms with van der Waals surface area (Å²) in [6.07, 6.45) is -3.52. The van der Waals surface area contributed by atoms with Crippen molar-refractivity contribution in [2.75, 3.05) is 14.2 Å². The SMILES string of the molecule is COC(=O)C1=C(C)NC2=C(C(=O)CC(C)(C)C2)C1c1ccc(OC)c(COc2cccc(C(F)(F)F)c2)c1. The maximum Gasteiger partial charge on any atom is 0.416 e. The fourth-order valence-electron chi connectivity index (χ4n) is 5.16. The van der Waals surface area contributed by atoms with Gasteiger partial charge < -0.3 is 19.5 Å². The summed E-state index contributed by atoms with van der Waals surface area (Å²) >= 11 is 0. The van der Waals surface area contributed by atoms with E-state index >= 15 is 0 Å². The second kappa shape index (κ2) is 10.2. The molecule has 0 bridgehead atoms. The number of ether oxygens (including phenoxy) is 3. The molecule has 1 N–H and O–H groups in total. The first-order chi connectivity index (χ1) is 17.8. The first-order valence-corrected chi connectivity index (χ1v) is 12.1. The molecule has 2 aromatic carbocycles. The Morgan fingerprint density at radius 1 is 1.11 bits per heavy atom. The van der Waals surface area contributed by atoms with Crippen LogP contribution in [0.15, 0.2) is 65.0 Å². The Kier molecular flexibility index (Phi) is 7.32. The van der Waals surface area contributed by atoms with Gasteiger partial charge in [0.2, 0.25) is 0 Å². The molecular formula is C29H30F3NO5. The van der Waals surface area contributed by atoms with Crippen LogP contribution in [0.4, 0.5) is 13.2 Å². The maximum absolute atomic E-state index is 13.4. The lowest BCUT2D eigenvalue weighted by atomic mass is 9.68. The number of nitrogens with one attached hydrogen (secondary N) is 1. The zero-order valence-electron chi connectivity index (χ0n) is 21.9. The fraction of sp³-hybridized carbons (Fsp3) is 0.379. The molecule has 0 saturated heterocycles. The van der Waals surface area contributed by atoms with Gasteiger partial charge in [-0.05, 0) is 54.7 Å². The average Bonchev–Trinajstić information content (AvgIpc) is 2.85. The summed E-state index contributed by atoms with van der Waals surface area (Å²) in [6, 6.07) is 9.86. The molecule has 1 unspecified atom stereocenters. The van der Waals surface area contributed by atoms with Crippen molar-refractivity contribution in [1.29, 1.82) is 0 Å². The van der Waals surface area contributed by atoms with Gasteiger partial charge in [-0.15, -0.1) is 0 Å². The minimum atomic E-state index is -4.49. The van der Waals surface area contributed by atoms with Crippen molar-refractivity contribution in [3.8, 4) is 11.5 Å². The number of carbonyl (C=O) groups excluding carboxylic acids is 2. The van der Waals surface area contributed by atoms with Crippen LogP contribution in [0.3, 0.4) is 0 Å². The van der Waals surface area contributed by atoms with Gasteiger partial charge in [0, 0.05) is 34.9 Å². The molecule has 1 atom stereocenters. The van der Waals surface area contributed by atoms with Crippen LogP contribution in [-0.2, 0) is 27.1 Å². The molecule has 2 aromatic rings. The monoisotopic (exact) mass is 529 g/mol. The molecule has 0 spiro atoms. The number of hydrogen-bond acceptors (Lipinski definition) is 6. The van der Waals surface area contributed by atoms with Crippen LogP contribution >= 0.6 is 0 Å². The van der Waals surface area contributed by atoms with E-state index in [4.69, 9.17) is 14.2 Å². The summed E-state index contributed by atoms with van der Waals surface area (Å²) in [4.78, 5) is 26.3. The standard InChI is InChI=1S/C29H30F3NO5/c1-16-24(27(35)37-5)25(26-21(33-16)13-28(2,3)14-22(26)34)17-9-10-23(36-4)18(11-17)15-38-20-8-6-7-19(12-20)29(30,31)32/h6-12,25,33H,13-15H2,1-5H3. The summed E-state index contributed by atoms with van der Waals surface area (Å²) in [5.74, 6) is -0.780. The van der Waals surface area contributed by atoms with Crippen molar-refractivity contribution in [2.24, 2.45) is 5.41 Å². The molecule has 202 valence electrons. The van der Waals surface area contributed by atoms with Crippen LogP contribution in [0.5, 0.6) is 11.5 Å². The zero-order valence-corrected chi connectivity index (χ0v) is 21.9. The number of dihydropyridines is 1. The number of rotatable bonds is 6. The summed E-state index contributed by atoms with van der Waals surface area (Å²) in [7, 11) is 2.77. The highest BCUT2D eigenvalue weighted by atomic mass is 19.4. The lowest BCUT2D eigenvalue weighted by Gasteiger charge is -2.39. The van der Waals surface area contributed by atoms with Crippen molar-refractivity contribution >= 4 is 11.8 Å². The Morgan fingerprint density at radius 2 is 1.84 bits per heavy atom. The molecule has 6 nitrogen and oxygen atoms in total. The Labute approximate surface area is 219 Å². The summed E-state index contributed by atoms with van der Waals surface area (Å²) in [5.41, 5.74) is 2.37. The Bertz CT molecular complexity index is 1340. The van der Waals surface area contributed by atoms with Crippen molar-refractivity contribution < 1.29 is 37.0 Å². The van der Waals surface area contributed by atoms with E-state index in [9.17, 15) is 22.8 Å². The molecule has 2 aliphatic rings. The minimum Gasteiger partial charge on any atom is -0.496 e. The van der Waals surface area contributed by atoms with Gasteiger partial charge in [-0.25, -0.2) is 4.79 Å². The number of halogens is 3. The van der Waals surface area contributed by atoms with E-state index in [1.54, 1.807) is 25.1 Å². The molecule has 0 fully saturated rings. The molecule has 0 saturated carbocycles. The molecule has 9 heteroatoms. The van der Waals surface area contributed by atoms with E-state index in [1.807, 2.05) is 13.8 Å². The molecule has 0 aromatic heterocycles. The van der Waals surface area contributed by atoms with E-state index < -0.39 is 23.6 Å². The van der Waals surface area contributed by atoms with Gasteiger partial charge in [0.25, 0.3) is 0 Å². The number of benzene rings is 2. The predicted octanol–water partition coefficient (Wildman–Crippen LogP) is 6.07. The Hall–Kier alpha value is -3.75. The molecule has 4 rings (SSSR count). The van der Waals surface area contributed by atoms with Gasteiger partial charge in [0.05, 0.1) is 25.4 Å². The Morgan fingerprint density at radius 3 is 2.50 bits per heavy atom. The van der Waals surface area contributed by atoms with E-state index in [2.05, 4.69) is 5.32 Å². The number of Topliss-reactive ketones (excluding diaryl/α,β-unsaturated/α-hetero) is 1. The van der Waals surface area contributed by atoms with Crippen molar-refractivity contribution in [2.45, 2.75) is 52.3 Å². The third-order valence-corrected chi connectivity index (χ3v) is 6.84. The van der Waals surface area contributed by atoms with E-state index in [-0.39, 0.29) is 23.6 Å². The lowest BCUT2D eigenvalue weighted by molar-refractivity contribution is -0.138. The molecular weight excluding hydrogens is 499 g/mol. The lowest BCUT2D eigenvalue weighted by Crippen LogP contribution is -2.38. The Balaban J connectivity index is 1.76. The highest BCUT2D eigenvalue weighted by Gasteiger charge is 2.43. The van der Waals surface area contributed by atoms with Crippen molar-refractivity contribution in [1.82, 2.24) is 5.32 Å². The molecule has 38 heavy (non-hydrogen) atoms. The molecule has 1 aliphatic carbocycles. The van der Waals surface area contributed by atoms with Crippen molar-refractivity contribution in [3.63, 3.8) is 0 Å². The van der Waals surface area contributed by atoms with Crippen LogP contribution < -0.4 is 14.8 Å². The molecule has 1 aliphatic heterocycles. The fourth-order valence-corrected chi connectivity index (χ4v) is 5.16. The molecule has 0 amide bonds. The summed E-state index contributed by atoms with van der Waals surface area (Å²) in [6.45, 7) is 5.73. The number of ketones is 1. The third kappa shape index (κ3) is 5.42. The number of esters is 1. The molecule has 1 heterocycles. The number of carbonyl (C=O) groups is 2. The highest BCUT2D eigenvalue weighted by Crippen LogP contribution is 2.47. The van der Waals surface area contributed by atoms with Gasteiger partial charge in [-0.1, -0.05) is 26.0 Å². The van der Waals surface area contributed by atoms with Gasteiger partial charge in [-0.3, -0.25) is 4.79 Å². The van der Waals surface area contributed by atoms with Gasteiger partial charge in [0.15, 0.2) is 5.78 Å². The average molecular weight is 530 g/mol. The van der Waals surface area contributed by atoms with Crippen LogP contribution in [0, 0.1) is 5.41 Å². The predicted molar refractivity (Wildman–Crippen MR) is 134 cm³/mol. The number of hydrogen-bond donors (Lipinski definition) is 1. The van der Waals surface area contributed by atoms with E-state index in [1.165, 1.54) is 26.4 Å². The zero-order chi connectivity index (χ0) is 27.8. The van der Waals surface area contributed by atoms with Gasteiger partial charge in [-0.2, -0.15) is 13.2 Å². The van der Waals surface area contributed by atoms with Crippen LogP contribution in [0.2, 0.25) is 0 Å². The van der Waals surface area contributed by atoms with Crippen LogP contribution in [0.1, 0.15) is 56.2 Å². The van der Waals surface area contributed by atoms with Crippen LogP contribution in [0.25, 0.3) is 0 Å². The smallest absolute Gasteiger partial charge is 0.416 e. The van der Waals surface area contributed by atoms with Crippen LogP contribution in [-0.4, -0.2) is 26.0 Å². The number of methoxy groups -OCH3 is 2. The van der Waals surface area contributed by atoms with E-state index in [0.29, 0.717) is 46.6 Å². The van der Waals surface area contributed by atoms with Crippen molar-refractivity contribution in [3.05, 3.63) is 81.7 Å². The highest BCUT2D eigenvalue weighted by molar-refractivity contribution is 6.04. The topological polar surface area (TPSA) is 73.9 Å². The van der Waals surface area contributed by atoms with Gasteiger partial charge in [0.1, 0.15) is 18.1 Å². The van der Waals surface area contributed by atoms with Gasteiger partial charge >= 0.3 is 12.1 Å².